The Balaban J connectivity index is 0.000000142. The van der Waals surface area contributed by atoms with E-state index in [1.165, 1.54) is 12.4 Å². The van der Waals surface area contributed by atoms with E-state index in [2.05, 4.69) is 9.98 Å². The maximum atomic E-state index is 14.4. The van der Waals surface area contributed by atoms with Crippen molar-refractivity contribution in [3.05, 3.63) is 145 Å². The number of pyridine rings is 2. The molecular formula is C32H22B2F4N4O2. The van der Waals surface area contributed by atoms with E-state index >= 15 is 0 Å². The minimum Gasteiger partial charge on any atom is -0.590 e. The van der Waals surface area contributed by atoms with Crippen LogP contribution in [0.5, 0.6) is 0 Å². The quantitative estimate of drug-likeness (QED) is 0.162. The van der Waals surface area contributed by atoms with Gasteiger partial charge in [-0.1, -0.05) is 72.8 Å². The predicted molar refractivity (Wildman–Crippen MR) is 162 cm³/mol. The molecule has 4 aromatic carbocycles. The van der Waals surface area contributed by atoms with E-state index in [-0.39, 0.29) is 23.4 Å². The van der Waals surface area contributed by atoms with Crippen LogP contribution < -0.4 is 8.96 Å². The molecule has 0 saturated heterocycles. The van der Waals surface area contributed by atoms with Crippen LogP contribution in [0.2, 0.25) is 0 Å². The predicted octanol–water partition coefficient (Wildman–Crippen LogP) is 6.92. The zero-order valence-corrected chi connectivity index (χ0v) is 23.0. The highest BCUT2D eigenvalue weighted by molar-refractivity contribution is 6.53. The smallest absolute Gasteiger partial charge is 0.590 e. The summed E-state index contributed by atoms with van der Waals surface area (Å²) in [7, 11) is -8.41. The molecule has 0 aliphatic carbocycles. The van der Waals surface area contributed by atoms with Gasteiger partial charge in [0.25, 0.3) is 23.4 Å². The van der Waals surface area contributed by atoms with Crippen LogP contribution >= 0.6 is 0 Å². The lowest BCUT2D eigenvalue weighted by atomic mass is 10.0. The summed E-state index contributed by atoms with van der Waals surface area (Å²) >= 11 is 0. The van der Waals surface area contributed by atoms with Crippen molar-refractivity contribution in [2.75, 3.05) is 0 Å². The average molecular weight is 592 g/mol. The van der Waals surface area contributed by atoms with Crippen molar-refractivity contribution in [1.29, 1.82) is 0 Å². The van der Waals surface area contributed by atoms with Crippen LogP contribution in [0.25, 0.3) is 21.5 Å². The van der Waals surface area contributed by atoms with Gasteiger partial charge < -0.3 is 35.5 Å². The summed E-state index contributed by atoms with van der Waals surface area (Å²) in [5.74, 6) is 0.324. The van der Waals surface area contributed by atoms with Gasteiger partial charge in [0, 0.05) is 0 Å². The highest BCUT2D eigenvalue weighted by Gasteiger charge is 2.48. The van der Waals surface area contributed by atoms with E-state index in [1.54, 1.807) is 72.8 Å². The zero-order chi connectivity index (χ0) is 30.3. The molecule has 0 spiro atoms. The Bertz CT molecular complexity index is 1940. The number of fused-ring (bicyclic) bond motifs is 6. The molecule has 2 aliphatic rings. The fraction of sp³-hybridized carbons (Fsp3) is 0. The molecule has 2 aliphatic heterocycles. The van der Waals surface area contributed by atoms with Crippen LogP contribution in [0.15, 0.2) is 144 Å². The van der Waals surface area contributed by atoms with Crippen molar-refractivity contribution in [3.63, 3.8) is 0 Å². The molecule has 4 heterocycles. The van der Waals surface area contributed by atoms with Crippen LogP contribution in [-0.2, 0) is 9.31 Å². The monoisotopic (exact) mass is 592 g/mol. The molecule has 0 fully saturated rings. The second kappa shape index (κ2) is 10.6. The summed E-state index contributed by atoms with van der Waals surface area (Å²) in [5, 5.41) is 3.06. The number of hydrogen-bond acceptors (Lipinski definition) is 4. The first-order chi connectivity index (χ1) is 21.3. The lowest BCUT2D eigenvalue weighted by Crippen LogP contribution is -2.63. The van der Waals surface area contributed by atoms with Gasteiger partial charge in [-0.25, -0.2) is 0 Å². The van der Waals surface area contributed by atoms with Crippen LogP contribution in [0.3, 0.4) is 0 Å². The molecule has 0 amide bonds. The first kappa shape index (κ1) is 27.3. The standard InChI is InChI=1S/2C16H11BF2N2O/c2*18-17(19)21-11-10-12-6-4-5-9-14(12)15(21)20-16(22-17)13-7-2-1-3-8-13/h2*1-11H. The summed E-state index contributed by atoms with van der Waals surface area (Å²) < 4.78 is 68.9. The number of aromatic nitrogens is 2. The Morgan fingerprint density at radius 2 is 0.818 bits per heavy atom. The van der Waals surface area contributed by atoms with Crippen LogP contribution in [0, 0.1) is 0 Å². The molecule has 8 rings (SSSR count). The molecule has 0 unspecified atom stereocenters. The maximum absolute atomic E-state index is 14.4. The third-order valence-electron chi connectivity index (χ3n) is 7.33. The molecule has 44 heavy (non-hydrogen) atoms. The summed E-state index contributed by atoms with van der Waals surface area (Å²) in [4.78, 5) is 8.66. The molecule has 6 aromatic rings. The van der Waals surface area contributed by atoms with Crippen LogP contribution in [-0.4, -0.2) is 25.9 Å². The van der Waals surface area contributed by atoms with E-state index in [4.69, 9.17) is 9.31 Å². The Morgan fingerprint density at radius 1 is 0.455 bits per heavy atom. The van der Waals surface area contributed by atoms with Crippen LogP contribution in [0.1, 0.15) is 11.1 Å². The van der Waals surface area contributed by atoms with Gasteiger partial charge in [-0.15, -0.1) is 0 Å². The second-order valence-electron chi connectivity index (χ2n) is 10.2. The molecule has 0 atom stereocenters. The van der Waals surface area contributed by atoms with Crippen molar-refractivity contribution in [2.24, 2.45) is 9.98 Å². The van der Waals surface area contributed by atoms with Gasteiger partial charge in [0.15, 0.2) is 0 Å². The van der Waals surface area contributed by atoms with Gasteiger partial charge in [0.1, 0.15) is 0 Å². The molecule has 12 heteroatoms. The Labute approximate surface area is 249 Å². The number of benzene rings is 4. The number of aliphatic imine (C=N–C) groups is 2. The summed E-state index contributed by atoms with van der Waals surface area (Å²) in [6, 6.07) is 35.4. The fourth-order valence-corrected chi connectivity index (χ4v) is 5.21. The molecule has 0 saturated carbocycles. The lowest BCUT2D eigenvalue weighted by molar-refractivity contribution is -0.567. The molecular weight excluding hydrogens is 570 g/mol. The van der Waals surface area contributed by atoms with Gasteiger partial charge in [0.05, 0.1) is 34.3 Å². The third-order valence-corrected chi connectivity index (χ3v) is 7.33. The Hall–Kier alpha value is -5.51. The first-order valence-corrected chi connectivity index (χ1v) is 13.8. The summed E-state index contributed by atoms with van der Waals surface area (Å²) in [5.41, 5.74) is 1.06. The highest BCUT2D eigenvalue weighted by Crippen LogP contribution is 2.30. The minimum atomic E-state index is -4.20. The topological polar surface area (TPSA) is 50.9 Å². The Kier molecular flexibility index (Phi) is 6.61. The number of nitrogens with zero attached hydrogens (tertiary/aromatic N) is 4. The normalized spacial score (nSPS) is 15.8. The van der Waals surface area contributed by atoms with Gasteiger partial charge in [-0.2, -0.15) is 0 Å². The summed E-state index contributed by atoms with van der Waals surface area (Å²) in [6.45, 7) is 0. The average Bonchev–Trinajstić information content (AvgIpc) is 3.05. The van der Waals surface area contributed by atoms with Gasteiger partial charge in [-0.3, -0.25) is 0 Å². The third kappa shape index (κ3) is 4.94. The fourth-order valence-electron chi connectivity index (χ4n) is 5.21. The Morgan fingerprint density at radius 3 is 1.23 bits per heavy atom. The maximum Gasteiger partial charge on any atom is 0.736 e. The number of rotatable bonds is 2. The molecule has 0 bridgehead atoms. The van der Waals surface area contributed by atoms with E-state index < -0.39 is 14.1 Å². The number of hydrogen-bond donors (Lipinski definition) is 0. The molecule has 6 nitrogen and oxygen atoms in total. The molecule has 0 N–H and O–H groups in total. The highest BCUT2D eigenvalue weighted by atomic mass is 19.3. The molecule has 2 aromatic heterocycles. The van der Waals surface area contributed by atoms with E-state index in [9.17, 15) is 17.3 Å². The van der Waals surface area contributed by atoms with Crippen molar-refractivity contribution < 1.29 is 35.5 Å². The molecule has 0 radical (unpaired) electrons. The van der Waals surface area contributed by atoms with Crippen molar-refractivity contribution in [1.82, 2.24) is 0 Å². The van der Waals surface area contributed by atoms with Gasteiger partial charge in [0.2, 0.25) is 0 Å². The van der Waals surface area contributed by atoms with Crippen molar-refractivity contribution in [3.8, 4) is 0 Å². The summed E-state index contributed by atoms with van der Waals surface area (Å²) in [6.07, 6.45) is 2.64. The van der Waals surface area contributed by atoms with E-state index in [0.717, 1.165) is 19.7 Å². The molecule has 216 valence electrons. The second-order valence-corrected chi connectivity index (χ2v) is 10.2. The number of halogens is 4. The SMILES string of the molecule is F[B-]1(F)OC(c2ccccc2)=Nc2c3ccccc3cc[n+]21.F[B-]1(F)OC(c2ccccc2)=Nc2c3ccccc3cc[n+]21. The first-order valence-electron chi connectivity index (χ1n) is 13.8. The largest absolute Gasteiger partial charge is 0.736 e. The van der Waals surface area contributed by atoms with Crippen molar-refractivity contribution in [2.45, 2.75) is 0 Å². The minimum absolute atomic E-state index is 0.0537. The van der Waals surface area contributed by atoms with E-state index in [1.807, 2.05) is 48.5 Å². The van der Waals surface area contributed by atoms with Crippen molar-refractivity contribution >= 4 is 59.1 Å². The van der Waals surface area contributed by atoms with Crippen LogP contribution in [0.4, 0.5) is 28.9 Å². The van der Waals surface area contributed by atoms with E-state index in [0.29, 0.717) is 21.9 Å². The van der Waals surface area contributed by atoms with Gasteiger partial charge in [-0.05, 0) is 69.3 Å². The van der Waals surface area contributed by atoms with Gasteiger partial charge >= 0.3 is 14.1 Å². The zero-order valence-electron chi connectivity index (χ0n) is 23.0. The lowest BCUT2D eigenvalue weighted by Gasteiger charge is -2.27.